The Morgan fingerprint density at radius 2 is 1.71 bits per heavy atom. The average molecular weight is 312 g/mol. The van der Waals surface area contributed by atoms with E-state index in [9.17, 15) is 13.2 Å². The summed E-state index contributed by atoms with van der Waals surface area (Å²) in [6.07, 6.45) is 2.11. The molecule has 21 heavy (non-hydrogen) atoms. The summed E-state index contributed by atoms with van der Waals surface area (Å²) in [5.74, 6) is -0.0616. The lowest BCUT2D eigenvalue weighted by Crippen LogP contribution is -2.37. The third-order valence-corrected chi connectivity index (χ3v) is 4.51. The summed E-state index contributed by atoms with van der Waals surface area (Å²) in [6.45, 7) is 5.07. The second-order valence-electron chi connectivity index (χ2n) is 4.89. The molecule has 0 atom stereocenters. The number of carbonyl (C=O) groups is 1. The monoisotopic (exact) mass is 312 g/mol. The first-order valence-corrected chi connectivity index (χ1v) is 9.05. The largest absolute Gasteiger partial charge is 0.313 e. The van der Waals surface area contributed by atoms with Crippen molar-refractivity contribution >= 4 is 21.6 Å². The van der Waals surface area contributed by atoms with Crippen molar-refractivity contribution in [3.8, 4) is 0 Å². The van der Waals surface area contributed by atoms with Crippen LogP contribution in [0.4, 0.5) is 5.69 Å². The van der Waals surface area contributed by atoms with Crippen LogP contribution in [0.3, 0.4) is 0 Å². The Labute approximate surface area is 127 Å². The molecule has 0 saturated heterocycles. The predicted molar refractivity (Wildman–Crippen MR) is 85.8 cm³/mol. The van der Waals surface area contributed by atoms with Gasteiger partial charge in [0.1, 0.15) is 0 Å². The van der Waals surface area contributed by atoms with Gasteiger partial charge in [0, 0.05) is 31.7 Å². The summed E-state index contributed by atoms with van der Waals surface area (Å²) in [7, 11) is -3.26. The highest BCUT2D eigenvalue weighted by atomic mass is 32.2. The van der Waals surface area contributed by atoms with Gasteiger partial charge in [-0.25, -0.2) is 12.7 Å². The molecule has 0 unspecified atom stereocenters. The zero-order chi connectivity index (χ0) is 15.9. The third-order valence-electron chi connectivity index (χ3n) is 3.20. The van der Waals surface area contributed by atoms with Gasteiger partial charge in [-0.15, -0.1) is 0 Å². The Balaban J connectivity index is 2.71. The highest BCUT2D eigenvalue weighted by molar-refractivity contribution is 7.88. The molecule has 1 rings (SSSR count). The summed E-state index contributed by atoms with van der Waals surface area (Å²) in [5.41, 5.74) is 0.839. The van der Waals surface area contributed by atoms with E-state index in [1.165, 1.54) is 10.6 Å². The first-order chi connectivity index (χ1) is 9.90. The fourth-order valence-corrected chi connectivity index (χ4v) is 3.10. The van der Waals surface area contributed by atoms with Crippen LogP contribution >= 0.6 is 0 Å². The van der Waals surface area contributed by atoms with Crippen LogP contribution in [-0.4, -0.2) is 44.5 Å². The van der Waals surface area contributed by atoms with Gasteiger partial charge in [0.25, 0.3) is 0 Å². The molecule has 0 heterocycles. The normalized spacial score (nSPS) is 11.6. The molecular formula is C15H24N2O3S. The van der Waals surface area contributed by atoms with Crippen LogP contribution in [0.5, 0.6) is 0 Å². The molecule has 0 N–H and O–H groups in total. The molecule has 0 aliphatic heterocycles. The van der Waals surface area contributed by atoms with E-state index in [0.29, 0.717) is 13.1 Å². The fourth-order valence-electron chi connectivity index (χ4n) is 2.16. The fraction of sp³-hybridized carbons (Fsp3) is 0.533. The molecule has 0 aliphatic rings. The minimum absolute atomic E-state index is 0.0616. The minimum atomic E-state index is -3.26. The van der Waals surface area contributed by atoms with Crippen molar-refractivity contribution in [3.63, 3.8) is 0 Å². The van der Waals surface area contributed by atoms with Crippen molar-refractivity contribution in [2.24, 2.45) is 0 Å². The summed E-state index contributed by atoms with van der Waals surface area (Å²) in [4.78, 5) is 14.0. The van der Waals surface area contributed by atoms with Gasteiger partial charge in [0.15, 0.2) is 0 Å². The quantitative estimate of drug-likeness (QED) is 0.738. The summed E-state index contributed by atoms with van der Waals surface area (Å²) in [5, 5.41) is 0. The number of hydrogen-bond acceptors (Lipinski definition) is 3. The number of nitrogens with zero attached hydrogens (tertiary/aromatic N) is 2. The standard InChI is InChI=1S/C15H24N2O3S/c1-4-12-16(21(3,19)20)13-11-15(18)17(5-2)14-9-7-6-8-10-14/h6-10H,4-5,11-13H2,1-3H3. The highest BCUT2D eigenvalue weighted by Gasteiger charge is 2.19. The van der Waals surface area contributed by atoms with Gasteiger partial charge in [0.05, 0.1) is 6.26 Å². The SMILES string of the molecule is CCCN(CCC(=O)N(CC)c1ccccc1)S(C)(=O)=O. The van der Waals surface area contributed by atoms with Gasteiger partial charge >= 0.3 is 0 Å². The molecule has 0 aliphatic carbocycles. The van der Waals surface area contributed by atoms with Crippen LogP contribution in [0, 0.1) is 0 Å². The Morgan fingerprint density at radius 1 is 1.10 bits per heavy atom. The maximum absolute atomic E-state index is 12.3. The van der Waals surface area contributed by atoms with E-state index in [2.05, 4.69) is 0 Å². The van der Waals surface area contributed by atoms with Crippen molar-refractivity contribution in [2.45, 2.75) is 26.7 Å². The number of anilines is 1. The molecule has 1 aromatic rings. The van der Waals surface area contributed by atoms with E-state index in [1.807, 2.05) is 44.2 Å². The molecule has 0 spiro atoms. The Morgan fingerprint density at radius 3 is 2.19 bits per heavy atom. The lowest BCUT2D eigenvalue weighted by atomic mass is 10.2. The lowest BCUT2D eigenvalue weighted by Gasteiger charge is -2.23. The third kappa shape index (κ3) is 5.47. The molecular weight excluding hydrogens is 288 g/mol. The number of sulfonamides is 1. The molecule has 5 nitrogen and oxygen atoms in total. The molecule has 1 aromatic carbocycles. The molecule has 0 aromatic heterocycles. The Kier molecular flexibility index (Phi) is 6.84. The van der Waals surface area contributed by atoms with Gasteiger partial charge in [-0.3, -0.25) is 4.79 Å². The molecule has 118 valence electrons. The summed E-state index contributed by atoms with van der Waals surface area (Å²) >= 11 is 0. The van der Waals surface area contributed by atoms with Gasteiger partial charge in [-0.1, -0.05) is 25.1 Å². The van der Waals surface area contributed by atoms with Crippen molar-refractivity contribution in [1.29, 1.82) is 0 Å². The Bertz CT molecular complexity index is 543. The second kappa shape index (κ2) is 8.14. The van der Waals surface area contributed by atoms with Crippen molar-refractivity contribution in [2.75, 3.05) is 30.8 Å². The zero-order valence-electron chi connectivity index (χ0n) is 12.9. The van der Waals surface area contributed by atoms with Crippen molar-refractivity contribution < 1.29 is 13.2 Å². The summed E-state index contributed by atoms with van der Waals surface area (Å²) in [6, 6.07) is 9.41. The van der Waals surface area contributed by atoms with Gasteiger partial charge in [-0.2, -0.15) is 0 Å². The van der Waals surface area contributed by atoms with Gasteiger partial charge < -0.3 is 4.90 Å². The molecule has 0 saturated carbocycles. The average Bonchev–Trinajstić information content (AvgIpc) is 2.44. The second-order valence-corrected chi connectivity index (χ2v) is 6.87. The number of benzene rings is 1. The maximum Gasteiger partial charge on any atom is 0.228 e. The van der Waals surface area contributed by atoms with Crippen LogP contribution in [0.15, 0.2) is 30.3 Å². The minimum Gasteiger partial charge on any atom is -0.313 e. The van der Waals surface area contributed by atoms with Gasteiger partial charge in [0.2, 0.25) is 15.9 Å². The molecule has 1 amide bonds. The van der Waals surface area contributed by atoms with E-state index in [4.69, 9.17) is 0 Å². The van der Waals surface area contributed by atoms with E-state index in [0.717, 1.165) is 12.1 Å². The van der Waals surface area contributed by atoms with Crippen LogP contribution in [0.25, 0.3) is 0 Å². The van der Waals surface area contributed by atoms with Crippen molar-refractivity contribution in [3.05, 3.63) is 30.3 Å². The molecule has 0 fully saturated rings. The van der Waals surface area contributed by atoms with E-state index in [-0.39, 0.29) is 18.9 Å². The number of rotatable bonds is 8. The Hall–Kier alpha value is -1.40. The van der Waals surface area contributed by atoms with Crippen LogP contribution in [-0.2, 0) is 14.8 Å². The van der Waals surface area contributed by atoms with Crippen LogP contribution < -0.4 is 4.90 Å². The van der Waals surface area contributed by atoms with Gasteiger partial charge in [-0.05, 0) is 25.5 Å². The number of carbonyl (C=O) groups excluding carboxylic acids is 1. The van der Waals surface area contributed by atoms with E-state index in [1.54, 1.807) is 4.90 Å². The molecule has 6 heteroatoms. The number of para-hydroxylation sites is 1. The summed E-state index contributed by atoms with van der Waals surface area (Å²) < 4.78 is 24.7. The van der Waals surface area contributed by atoms with Crippen LogP contribution in [0.1, 0.15) is 26.7 Å². The number of amides is 1. The molecule has 0 radical (unpaired) electrons. The zero-order valence-corrected chi connectivity index (χ0v) is 13.8. The maximum atomic E-state index is 12.3. The topological polar surface area (TPSA) is 57.7 Å². The first-order valence-electron chi connectivity index (χ1n) is 7.20. The van der Waals surface area contributed by atoms with Crippen molar-refractivity contribution in [1.82, 2.24) is 4.31 Å². The van der Waals surface area contributed by atoms with E-state index >= 15 is 0 Å². The lowest BCUT2D eigenvalue weighted by molar-refractivity contribution is -0.118. The highest BCUT2D eigenvalue weighted by Crippen LogP contribution is 2.14. The van der Waals surface area contributed by atoms with Crippen LogP contribution in [0.2, 0.25) is 0 Å². The van der Waals surface area contributed by atoms with E-state index < -0.39 is 10.0 Å². The first kappa shape index (κ1) is 17.7. The number of hydrogen-bond donors (Lipinski definition) is 0. The smallest absolute Gasteiger partial charge is 0.228 e. The predicted octanol–water partition coefficient (Wildman–Crippen LogP) is 2.10. The molecule has 0 bridgehead atoms.